The third-order valence-electron chi connectivity index (χ3n) is 2.41. The Morgan fingerprint density at radius 3 is 2.89 bits per heavy atom. The number of anilines is 1. The quantitative estimate of drug-likeness (QED) is 0.865. The van der Waals surface area contributed by atoms with E-state index in [1.165, 1.54) is 7.11 Å². The Labute approximate surface area is 123 Å². The Kier molecular flexibility index (Phi) is 4.39. The highest BCUT2D eigenvalue weighted by molar-refractivity contribution is 9.10. The van der Waals surface area contributed by atoms with E-state index in [2.05, 4.69) is 26.2 Å². The second kappa shape index (κ2) is 6.04. The number of ether oxygens (including phenoxy) is 1. The van der Waals surface area contributed by atoms with Gasteiger partial charge in [-0.15, -0.1) is 0 Å². The van der Waals surface area contributed by atoms with Crippen LogP contribution in [0.5, 0.6) is 5.75 Å². The summed E-state index contributed by atoms with van der Waals surface area (Å²) in [6.45, 7) is 0. The van der Waals surface area contributed by atoms with Gasteiger partial charge in [-0.25, -0.2) is 4.98 Å². The molecule has 1 N–H and O–H groups in total. The van der Waals surface area contributed by atoms with Gasteiger partial charge in [0.2, 0.25) is 0 Å². The summed E-state index contributed by atoms with van der Waals surface area (Å²) < 4.78 is 5.65. The van der Waals surface area contributed by atoms with Crippen LogP contribution >= 0.6 is 27.5 Å². The standard InChI is InChI=1S/C13H10BrClN2O2/c1-19-11-5-4-8(15)7-10(11)17-13(18)9-3-2-6-16-12(9)14/h2-7H,1H3,(H,17,18). The number of rotatable bonds is 3. The van der Waals surface area contributed by atoms with E-state index in [-0.39, 0.29) is 5.91 Å². The Morgan fingerprint density at radius 2 is 2.21 bits per heavy atom. The molecule has 0 radical (unpaired) electrons. The van der Waals surface area contributed by atoms with Crippen molar-refractivity contribution in [2.45, 2.75) is 0 Å². The van der Waals surface area contributed by atoms with Crippen LogP contribution in [-0.2, 0) is 0 Å². The number of nitrogens with zero attached hydrogens (tertiary/aromatic N) is 1. The third kappa shape index (κ3) is 3.24. The number of nitrogens with one attached hydrogen (secondary N) is 1. The first-order valence-corrected chi connectivity index (χ1v) is 6.54. The average Bonchev–Trinajstić information content (AvgIpc) is 2.39. The molecule has 0 bridgehead atoms. The second-order valence-electron chi connectivity index (χ2n) is 3.64. The molecule has 1 aromatic carbocycles. The van der Waals surface area contributed by atoms with Crippen LogP contribution in [0.25, 0.3) is 0 Å². The molecule has 98 valence electrons. The molecule has 1 aromatic heterocycles. The molecule has 0 spiro atoms. The predicted octanol–water partition coefficient (Wildman–Crippen LogP) is 3.76. The molecule has 2 aromatic rings. The second-order valence-corrected chi connectivity index (χ2v) is 4.83. The number of halogens is 2. The Hall–Kier alpha value is -1.59. The average molecular weight is 342 g/mol. The molecule has 0 aliphatic carbocycles. The van der Waals surface area contributed by atoms with E-state index in [4.69, 9.17) is 16.3 Å². The van der Waals surface area contributed by atoms with Crippen LogP contribution in [-0.4, -0.2) is 18.0 Å². The maximum Gasteiger partial charge on any atom is 0.258 e. The molecule has 0 saturated carbocycles. The van der Waals surface area contributed by atoms with Crippen LogP contribution < -0.4 is 10.1 Å². The van der Waals surface area contributed by atoms with Crippen LogP contribution in [0.4, 0.5) is 5.69 Å². The summed E-state index contributed by atoms with van der Waals surface area (Å²) in [5.74, 6) is 0.248. The van der Waals surface area contributed by atoms with Crippen molar-refractivity contribution in [1.82, 2.24) is 4.98 Å². The Morgan fingerprint density at radius 1 is 1.42 bits per heavy atom. The predicted molar refractivity (Wildman–Crippen MR) is 77.9 cm³/mol. The third-order valence-corrected chi connectivity index (χ3v) is 3.28. The zero-order valence-corrected chi connectivity index (χ0v) is 12.3. The van der Waals surface area contributed by atoms with Crippen molar-refractivity contribution in [2.24, 2.45) is 0 Å². The first-order valence-electron chi connectivity index (χ1n) is 5.37. The molecule has 2 rings (SSSR count). The lowest BCUT2D eigenvalue weighted by molar-refractivity contribution is 0.102. The zero-order valence-electron chi connectivity index (χ0n) is 9.98. The van der Waals surface area contributed by atoms with Crippen molar-refractivity contribution >= 4 is 39.1 Å². The smallest absolute Gasteiger partial charge is 0.258 e. The SMILES string of the molecule is COc1ccc(Cl)cc1NC(=O)c1cccnc1Br. The summed E-state index contributed by atoms with van der Waals surface area (Å²) in [5, 5.41) is 3.26. The molecule has 0 aliphatic rings. The summed E-state index contributed by atoms with van der Waals surface area (Å²) in [7, 11) is 1.53. The number of carbonyl (C=O) groups is 1. The van der Waals surface area contributed by atoms with Crippen molar-refractivity contribution in [3.63, 3.8) is 0 Å². The fourth-order valence-corrected chi connectivity index (χ4v) is 2.13. The summed E-state index contributed by atoms with van der Waals surface area (Å²) in [6.07, 6.45) is 1.60. The minimum Gasteiger partial charge on any atom is -0.495 e. The Balaban J connectivity index is 2.29. The highest BCUT2D eigenvalue weighted by Crippen LogP contribution is 2.28. The number of aromatic nitrogens is 1. The number of hydrogen-bond acceptors (Lipinski definition) is 3. The van der Waals surface area contributed by atoms with Gasteiger partial charge in [-0.2, -0.15) is 0 Å². The van der Waals surface area contributed by atoms with E-state index in [9.17, 15) is 4.79 Å². The van der Waals surface area contributed by atoms with Gasteiger partial charge < -0.3 is 10.1 Å². The largest absolute Gasteiger partial charge is 0.495 e. The lowest BCUT2D eigenvalue weighted by Gasteiger charge is -2.11. The zero-order chi connectivity index (χ0) is 13.8. The molecule has 0 aliphatic heterocycles. The van der Waals surface area contributed by atoms with Gasteiger partial charge in [0, 0.05) is 11.2 Å². The van der Waals surface area contributed by atoms with Crippen LogP contribution in [0.15, 0.2) is 41.1 Å². The van der Waals surface area contributed by atoms with Crippen LogP contribution in [0.1, 0.15) is 10.4 Å². The molecular formula is C13H10BrClN2O2. The van der Waals surface area contributed by atoms with Gasteiger partial charge in [0.25, 0.3) is 5.91 Å². The van der Waals surface area contributed by atoms with E-state index in [1.54, 1.807) is 36.5 Å². The Bertz CT molecular complexity index is 619. The molecule has 0 fully saturated rings. The molecule has 0 atom stereocenters. The van der Waals surface area contributed by atoms with Gasteiger partial charge >= 0.3 is 0 Å². The molecule has 1 amide bonds. The van der Waals surface area contributed by atoms with Gasteiger partial charge in [-0.1, -0.05) is 11.6 Å². The molecule has 6 heteroatoms. The van der Waals surface area contributed by atoms with Gasteiger partial charge in [0.1, 0.15) is 10.4 Å². The highest BCUT2D eigenvalue weighted by atomic mass is 79.9. The monoisotopic (exact) mass is 340 g/mol. The molecule has 0 saturated heterocycles. The summed E-state index contributed by atoms with van der Waals surface area (Å²) in [4.78, 5) is 16.1. The van der Waals surface area contributed by atoms with Crippen LogP contribution in [0, 0.1) is 0 Å². The number of carbonyl (C=O) groups excluding carboxylic acids is 1. The lowest BCUT2D eigenvalue weighted by Crippen LogP contribution is -2.13. The fraction of sp³-hybridized carbons (Fsp3) is 0.0769. The first kappa shape index (κ1) is 13.8. The minimum atomic E-state index is -0.291. The first-order chi connectivity index (χ1) is 9.11. The van der Waals surface area contributed by atoms with Crippen molar-refractivity contribution in [3.05, 3.63) is 51.7 Å². The number of hydrogen-bond donors (Lipinski definition) is 1. The summed E-state index contributed by atoms with van der Waals surface area (Å²) >= 11 is 9.14. The maximum atomic E-state index is 12.1. The van der Waals surface area contributed by atoms with Crippen molar-refractivity contribution < 1.29 is 9.53 Å². The molecule has 0 unspecified atom stereocenters. The van der Waals surface area contributed by atoms with Gasteiger partial charge in [0.05, 0.1) is 18.4 Å². The molecular weight excluding hydrogens is 332 g/mol. The van der Waals surface area contributed by atoms with Crippen molar-refractivity contribution in [1.29, 1.82) is 0 Å². The van der Waals surface area contributed by atoms with Gasteiger partial charge in [-0.3, -0.25) is 4.79 Å². The van der Waals surface area contributed by atoms with Crippen molar-refractivity contribution in [2.75, 3.05) is 12.4 Å². The topological polar surface area (TPSA) is 51.2 Å². The maximum absolute atomic E-state index is 12.1. The van der Waals surface area contributed by atoms with E-state index in [0.29, 0.717) is 26.6 Å². The number of methoxy groups -OCH3 is 1. The normalized spacial score (nSPS) is 10.1. The number of benzene rings is 1. The van der Waals surface area contributed by atoms with Gasteiger partial charge in [0.15, 0.2) is 0 Å². The fourth-order valence-electron chi connectivity index (χ4n) is 1.52. The van der Waals surface area contributed by atoms with Crippen LogP contribution in [0.2, 0.25) is 5.02 Å². The van der Waals surface area contributed by atoms with Crippen LogP contribution in [0.3, 0.4) is 0 Å². The molecule has 4 nitrogen and oxygen atoms in total. The molecule has 19 heavy (non-hydrogen) atoms. The van der Waals surface area contributed by atoms with E-state index in [0.717, 1.165) is 0 Å². The van der Waals surface area contributed by atoms with E-state index >= 15 is 0 Å². The highest BCUT2D eigenvalue weighted by Gasteiger charge is 2.13. The number of pyridine rings is 1. The van der Waals surface area contributed by atoms with E-state index in [1.807, 2.05) is 0 Å². The lowest BCUT2D eigenvalue weighted by atomic mass is 10.2. The minimum absolute atomic E-state index is 0.291. The summed E-state index contributed by atoms with van der Waals surface area (Å²) in [6, 6.07) is 8.37. The van der Waals surface area contributed by atoms with Gasteiger partial charge in [-0.05, 0) is 46.3 Å². The molecule has 1 heterocycles. The van der Waals surface area contributed by atoms with E-state index < -0.39 is 0 Å². The summed E-state index contributed by atoms with van der Waals surface area (Å²) in [5.41, 5.74) is 0.945. The van der Waals surface area contributed by atoms with Crippen molar-refractivity contribution in [3.8, 4) is 5.75 Å². The number of amides is 1.